The molecular weight excluding hydrogens is 358 g/mol. The molecule has 0 saturated heterocycles. The van der Waals surface area contributed by atoms with Crippen molar-refractivity contribution in [3.63, 3.8) is 0 Å². The summed E-state index contributed by atoms with van der Waals surface area (Å²) in [7, 11) is 4.45. The van der Waals surface area contributed by atoms with E-state index in [2.05, 4.69) is 15.2 Å². The van der Waals surface area contributed by atoms with Crippen LogP contribution in [0.15, 0.2) is 22.2 Å². The van der Waals surface area contributed by atoms with Crippen LogP contribution in [0.4, 0.5) is 0 Å². The molecule has 8 nitrogen and oxygen atoms in total. The number of thioether (sulfide) groups is 1. The van der Waals surface area contributed by atoms with Crippen LogP contribution in [-0.2, 0) is 11.2 Å². The van der Waals surface area contributed by atoms with Crippen molar-refractivity contribution in [1.82, 2.24) is 15.2 Å². The number of hydrogen-bond donors (Lipinski definition) is 1. The number of aryl methyl sites for hydroxylation is 1. The quantitative estimate of drug-likeness (QED) is 0.518. The second kappa shape index (κ2) is 9.14. The maximum absolute atomic E-state index is 11.6. The molecule has 1 aromatic heterocycles. The fourth-order valence-electron chi connectivity index (χ4n) is 2.28. The zero-order valence-electron chi connectivity index (χ0n) is 15.0. The zero-order chi connectivity index (χ0) is 19.1. The second-order valence-corrected chi connectivity index (χ2v) is 6.15. The summed E-state index contributed by atoms with van der Waals surface area (Å²) in [5.41, 5.74) is 0.501. The molecule has 0 unspecified atom stereocenters. The summed E-state index contributed by atoms with van der Waals surface area (Å²) in [5.74, 6) is 0.565. The van der Waals surface area contributed by atoms with E-state index in [-0.39, 0.29) is 4.91 Å². The number of nitrogens with zero attached hydrogens (tertiary/aromatic N) is 2. The predicted octanol–water partition coefficient (Wildman–Crippen LogP) is 1.67. The number of methoxy groups -OCH3 is 3. The van der Waals surface area contributed by atoms with Gasteiger partial charge in [-0.05, 0) is 36.4 Å². The molecule has 0 saturated carbocycles. The van der Waals surface area contributed by atoms with E-state index in [1.54, 1.807) is 12.1 Å². The Balaban J connectivity index is 2.40. The molecule has 0 spiro atoms. The highest BCUT2D eigenvalue weighted by molar-refractivity contribution is 8.04. The van der Waals surface area contributed by atoms with Crippen LogP contribution in [0.3, 0.4) is 0 Å². The van der Waals surface area contributed by atoms with Gasteiger partial charge in [0.05, 0.1) is 27.3 Å². The molecular formula is C17H20N3O5S-. The van der Waals surface area contributed by atoms with E-state index in [0.717, 1.165) is 24.6 Å². The number of nitrogens with one attached hydrogen (secondary N) is 1. The van der Waals surface area contributed by atoms with E-state index in [0.29, 0.717) is 33.8 Å². The molecule has 2 rings (SSSR count). The van der Waals surface area contributed by atoms with Gasteiger partial charge in [0.2, 0.25) is 10.9 Å². The van der Waals surface area contributed by atoms with Crippen molar-refractivity contribution in [2.75, 3.05) is 21.3 Å². The van der Waals surface area contributed by atoms with Gasteiger partial charge in [-0.1, -0.05) is 6.92 Å². The Kier molecular flexibility index (Phi) is 6.90. The van der Waals surface area contributed by atoms with E-state index >= 15 is 0 Å². The van der Waals surface area contributed by atoms with Crippen LogP contribution >= 0.6 is 11.8 Å². The molecule has 0 radical (unpaired) electrons. The molecule has 140 valence electrons. The molecule has 0 aliphatic carbocycles. The minimum Gasteiger partial charge on any atom is -0.544 e. The van der Waals surface area contributed by atoms with E-state index in [1.807, 2.05) is 6.92 Å². The Bertz CT molecular complexity index is 804. The Hall–Kier alpha value is -2.68. The number of aromatic amines is 1. The number of rotatable bonds is 9. The summed E-state index contributed by atoms with van der Waals surface area (Å²) in [6, 6.07) is 3.33. The highest BCUT2D eigenvalue weighted by atomic mass is 32.2. The topological polar surface area (TPSA) is 109 Å². The van der Waals surface area contributed by atoms with Gasteiger partial charge >= 0.3 is 0 Å². The minimum absolute atomic E-state index is 0.0578. The van der Waals surface area contributed by atoms with Crippen molar-refractivity contribution in [3.8, 4) is 17.2 Å². The zero-order valence-corrected chi connectivity index (χ0v) is 15.8. The third-order valence-corrected chi connectivity index (χ3v) is 4.29. The van der Waals surface area contributed by atoms with Crippen molar-refractivity contribution in [3.05, 3.63) is 28.4 Å². The molecule has 0 bridgehead atoms. The minimum atomic E-state index is -1.34. The maximum Gasteiger partial charge on any atom is 0.213 e. The number of H-pyrrole nitrogens is 1. The molecule has 1 heterocycles. The first-order valence-corrected chi connectivity index (χ1v) is 8.66. The fraction of sp³-hybridized carbons (Fsp3) is 0.353. The van der Waals surface area contributed by atoms with Gasteiger partial charge in [-0.15, -0.1) is 5.10 Å². The lowest BCUT2D eigenvalue weighted by atomic mass is 10.1. The molecule has 0 aliphatic rings. The largest absolute Gasteiger partial charge is 0.544 e. The lowest BCUT2D eigenvalue weighted by Gasteiger charge is -2.15. The van der Waals surface area contributed by atoms with Gasteiger partial charge in [-0.2, -0.15) is 0 Å². The molecule has 0 fully saturated rings. The predicted molar refractivity (Wildman–Crippen MR) is 95.3 cm³/mol. The van der Waals surface area contributed by atoms with Crippen LogP contribution < -0.4 is 19.3 Å². The maximum atomic E-state index is 11.6. The molecule has 1 aromatic carbocycles. The number of ether oxygens (including phenoxy) is 3. The third-order valence-electron chi connectivity index (χ3n) is 3.42. The van der Waals surface area contributed by atoms with E-state index in [9.17, 15) is 9.90 Å². The van der Waals surface area contributed by atoms with Gasteiger partial charge in [0.25, 0.3) is 0 Å². The first-order valence-electron chi connectivity index (χ1n) is 7.85. The number of aromatic nitrogens is 3. The van der Waals surface area contributed by atoms with Crippen LogP contribution in [-0.4, -0.2) is 42.5 Å². The van der Waals surface area contributed by atoms with Crippen LogP contribution in [0.5, 0.6) is 17.2 Å². The van der Waals surface area contributed by atoms with Gasteiger partial charge in [0.1, 0.15) is 5.82 Å². The van der Waals surface area contributed by atoms with Crippen LogP contribution in [0.1, 0.15) is 24.7 Å². The van der Waals surface area contributed by atoms with Crippen molar-refractivity contribution in [1.29, 1.82) is 0 Å². The number of carboxylic acids is 1. The number of hydrogen-bond acceptors (Lipinski definition) is 8. The normalized spacial score (nSPS) is 11.3. The van der Waals surface area contributed by atoms with Crippen molar-refractivity contribution in [2.45, 2.75) is 24.9 Å². The average Bonchev–Trinajstić information content (AvgIpc) is 3.07. The van der Waals surface area contributed by atoms with Gasteiger partial charge in [0.15, 0.2) is 11.5 Å². The molecule has 0 atom stereocenters. The Labute approximate surface area is 155 Å². The third kappa shape index (κ3) is 4.48. The molecule has 0 amide bonds. The molecule has 1 N–H and O–H groups in total. The number of aliphatic carboxylic acids is 1. The van der Waals surface area contributed by atoms with Crippen molar-refractivity contribution in [2.24, 2.45) is 0 Å². The van der Waals surface area contributed by atoms with Crippen LogP contribution in [0, 0.1) is 0 Å². The monoisotopic (exact) mass is 378 g/mol. The van der Waals surface area contributed by atoms with E-state index < -0.39 is 5.97 Å². The van der Waals surface area contributed by atoms with Crippen LogP contribution in [0.25, 0.3) is 6.08 Å². The standard InChI is InChI=1S/C17H21N3O5S/c1-5-6-13-18-17(20-19-13)26-12(16(21)22)9-10-7-8-11(23-2)15(25-4)14(10)24-3/h7-9H,5-6H2,1-4H3,(H,21,22)(H,18,19,20)/p-1/b12-9-. The second-order valence-electron chi connectivity index (χ2n) is 5.14. The first-order chi connectivity index (χ1) is 12.5. The summed E-state index contributed by atoms with van der Waals surface area (Å²) in [5, 5.41) is 18.7. The van der Waals surface area contributed by atoms with Crippen molar-refractivity contribution >= 4 is 23.8 Å². The Morgan fingerprint density at radius 2 is 1.96 bits per heavy atom. The highest BCUT2D eigenvalue weighted by Gasteiger charge is 2.16. The summed E-state index contributed by atoms with van der Waals surface area (Å²) in [6.07, 6.45) is 3.07. The van der Waals surface area contributed by atoms with Crippen molar-refractivity contribution < 1.29 is 24.1 Å². The molecule has 26 heavy (non-hydrogen) atoms. The number of carbonyl (C=O) groups excluding carboxylic acids is 1. The lowest BCUT2D eigenvalue weighted by molar-refractivity contribution is -0.297. The number of carbonyl (C=O) groups is 1. The molecule has 0 aliphatic heterocycles. The smallest absolute Gasteiger partial charge is 0.213 e. The number of carboxylic acid groups (broad SMARTS) is 1. The van der Waals surface area contributed by atoms with E-state index in [1.165, 1.54) is 27.4 Å². The SMILES string of the molecule is CCCc1nc(S/C(=C\c2ccc(OC)c(OC)c2OC)C(=O)[O-])n[nH]1. The summed E-state index contributed by atoms with van der Waals surface area (Å²) < 4.78 is 15.9. The van der Waals surface area contributed by atoms with Gasteiger partial charge < -0.3 is 24.1 Å². The summed E-state index contributed by atoms with van der Waals surface area (Å²) >= 11 is 0.899. The molecule has 9 heteroatoms. The van der Waals surface area contributed by atoms with Gasteiger partial charge in [-0.25, -0.2) is 4.98 Å². The van der Waals surface area contributed by atoms with Crippen LogP contribution in [0.2, 0.25) is 0 Å². The van der Waals surface area contributed by atoms with Gasteiger partial charge in [0, 0.05) is 16.9 Å². The first kappa shape index (κ1) is 19.6. The Morgan fingerprint density at radius 3 is 2.54 bits per heavy atom. The Morgan fingerprint density at radius 1 is 1.23 bits per heavy atom. The average molecular weight is 378 g/mol. The van der Waals surface area contributed by atoms with Gasteiger partial charge in [-0.3, -0.25) is 5.10 Å². The summed E-state index contributed by atoms with van der Waals surface area (Å²) in [4.78, 5) is 15.8. The summed E-state index contributed by atoms with van der Waals surface area (Å²) in [6.45, 7) is 2.02. The highest BCUT2D eigenvalue weighted by Crippen LogP contribution is 2.41. The number of benzene rings is 1. The lowest BCUT2D eigenvalue weighted by Crippen LogP contribution is -2.23. The van der Waals surface area contributed by atoms with E-state index in [4.69, 9.17) is 14.2 Å². The fourth-order valence-corrected chi connectivity index (χ4v) is 2.99. The molecule has 2 aromatic rings.